The molecule has 0 radical (unpaired) electrons. The lowest BCUT2D eigenvalue weighted by atomic mass is 9.41. The lowest BCUT2D eigenvalue weighted by molar-refractivity contribution is -0.202. The van der Waals surface area contributed by atoms with Gasteiger partial charge in [0, 0.05) is 6.54 Å². The van der Waals surface area contributed by atoms with Gasteiger partial charge in [0.05, 0.1) is 18.0 Å². The maximum atomic E-state index is 12.6. The Kier molecular flexibility index (Phi) is 7.88. The van der Waals surface area contributed by atoms with E-state index in [1.165, 1.54) is 25.7 Å². The van der Waals surface area contributed by atoms with Crippen LogP contribution in [-0.4, -0.2) is 37.4 Å². The molecule has 0 spiro atoms. The van der Waals surface area contributed by atoms with Crippen molar-refractivity contribution < 1.29 is 18.6 Å². The van der Waals surface area contributed by atoms with E-state index in [1.54, 1.807) is 0 Å². The molecule has 0 unspecified atom stereocenters. The van der Waals surface area contributed by atoms with Crippen molar-refractivity contribution in [2.75, 3.05) is 6.54 Å². The van der Waals surface area contributed by atoms with Gasteiger partial charge in [-0.1, -0.05) is 57.5 Å². The zero-order valence-electron chi connectivity index (χ0n) is 23.1. The number of rotatable bonds is 8. The van der Waals surface area contributed by atoms with Gasteiger partial charge in [-0.2, -0.15) is 0 Å². The molecule has 4 aliphatic carbocycles. The molecule has 1 aromatic rings. The number of hydrogen-bond donors (Lipinski definition) is 3. The lowest BCUT2D eigenvalue weighted by Crippen LogP contribution is -2.62. The van der Waals surface area contributed by atoms with Gasteiger partial charge in [0.25, 0.3) is 0 Å². The molecule has 10 atom stereocenters. The number of aliphatic hydroxyl groups excluding tert-OH is 2. The first kappa shape index (κ1) is 27.6. The number of sulfonamides is 1. The van der Waals surface area contributed by atoms with Crippen LogP contribution in [0.2, 0.25) is 0 Å². The van der Waals surface area contributed by atoms with Crippen molar-refractivity contribution in [1.82, 2.24) is 4.72 Å². The molecule has 4 saturated carbocycles. The number of aliphatic hydroxyl groups is 2. The molecular weight excluding hydrogens is 482 g/mol. The molecule has 1 aromatic carbocycles. The first-order valence-corrected chi connectivity index (χ1v) is 16.6. The average molecular weight is 532 g/mol. The van der Waals surface area contributed by atoms with Gasteiger partial charge < -0.3 is 10.2 Å². The van der Waals surface area contributed by atoms with Crippen molar-refractivity contribution >= 4 is 10.0 Å². The topological polar surface area (TPSA) is 86.6 Å². The van der Waals surface area contributed by atoms with Crippen LogP contribution in [0.3, 0.4) is 0 Å². The molecule has 0 aromatic heterocycles. The molecule has 0 aliphatic heterocycles. The fourth-order valence-electron chi connectivity index (χ4n) is 9.96. The molecule has 4 fully saturated rings. The normalized spacial score (nSPS) is 43.6. The molecule has 3 N–H and O–H groups in total. The van der Waals surface area contributed by atoms with Gasteiger partial charge in [0.1, 0.15) is 0 Å². The Bertz CT molecular complexity index is 1030. The summed E-state index contributed by atoms with van der Waals surface area (Å²) in [5, 5.41) is 22.3. The Hall–Kier alpha value is -0.950. The van der Waals surface area contributed by atoms with Gasteiger partial charge in [0.2, 0.25) is 10.0 Å². The van der Waals surface area contributed by atoms with Gasteiger partial charge in [0.15, 0.2) is 0 Å². The fourth-order valence-corrected chi connectivity index (χ4v) is 11.1. The maximum absolute atomic E-state index is 12.6. The van der Waals surface area contributed by atoms with Gasteiger partial charge >= 0.3 is 0 Å². The Balaban J connectivity index is 1.23. The van der Waals surface area contributed by atoms with Gasteiger partial charge in [-0.15, -0.1) is 0 Å². The molecular formula is C31H49NO4S. The minimum absolute atomic E-state index is 0.0351. The molecule has 37 heavy (non-hydrogen) atoms. The predicted molar refractivity (Wildman–Crippen MR) is 148 cm³/mol. The Morgan fingerprint density at radius 2 is 1.65 bits per heavy atom. The van der Waals surface area contributed by atoms with Crippen LogP contribution in [0.25, 0.3) is 0 Å². The van der Waals surface area contributed by atoms with Crippen LogP contribution >= 0.6 is 0 Å². The van der Waals surface area contributed by atoms with E-state index in [2.05, 4.69) is 25.5 Å². The molecule has 4 aliphatic rings. The highest BCUT2D eigenvalue weighted by Gasteiger charge is 2.64. The van der Waals surface area contributed by atoms with E-state index in [-0.39, 0.29) is 28.8 Å². The molecule has 0 saturated heterocycles. The second kappa shape index (κ2) is 10.6. The smallest absolute Gasteiger partial charge is 0.215 e. The minimum Gasteiger partial charge on any atom is -0.393 e. The standard InChI is InChI=1S/C31H49NO4S/c1-4-24-27-19-23(33)14-16-31(27,3)26-15-17-30(2)22(12-13-25(30)28(26)29(24)34)11-8-18-32-37(35,36)20-21-9-6-5-7-10-21/h5-7,9-10,22-29,32-34H,4,8,11-20H2,1-3H3/t22-,23+,24+,25-,26-,27-,28-,29+,30+,31+/m0/s1. The monoisotopic (exact) mass is 531 g/mol. The van der Waals surface area contributed by atoms with E-state index in [0.29, 0.717) is 42.1 Å². The third-order valence-corrected chi connectivity index (χ3v) is 13.2. The number of hydrogen-bond acceptors (Lipinski definition) is 4. The van der Waals surface area contributed by atoms with Crippen molar-refractivity contribution in [1.29, 1.82) is 0 Å². The van der Waals surface area contributed by atoms with Crippen LogP contribution in [-0.2, 0) is 15.8 Å². The first-order chi connectivity index (χ1) is 17.6. The van der Waals surface area contributed by atoms with Crippen molar-refractivity contribution in [3.63, 3.8) is 0 Å². The molecule has 0 heterocycles. The van der Waals surface area contributed by atoms with Crippen LogP contribution in [0.1, 0.15) is 90.5 Å². The molecule has 5 nitrogen and oxygen atoms in total. The van der Waals surface area contributed by atoms with E-state index < -0.39 is 10.0 Å². The van der Waals surface area contributed by atoms with E-state index >= 15 is 0 Å². The molecule has 208 valence electrons. The second-order valence-corrected chi connectivity index (χ2v) is 15.3. The molecule has 6 heteroatoms. The molecule has 0 amide bonds. The largest absolute Gasteiger partial charge is 0.393 e. The summed E-state index contributed by atoms with van der Waals surface area (Å²) in [6.07, 6.45) is 10.1. The summed E-state index contributed by atoms with van der Waals surface area (Å²) in [5.41, 5.74) is 1.29. The zero-order valence-corrected chi connectivity index (χ0v) is 23.9. The summed E-state index contributed by atoms with van der Waals surface area (Å²) < 4.78 is 27.9. The second-order valence-electron chi connectivity index (χ2n) is 13.5. The summed E-state index contributed by atoms with van der Waals surface area (Å²) in [5.74, 6) is 2.85. The summed E-state index contributed by atoms with van der Waals surface area (Å²) in [6.45, 7) is 7.71. The van der Waals surface area contributed by atoms with Crippen LogP contribution in [0.4, 0.5) is 0 Å². The van der Waals surface area contributed by atoms with Crippen molar-refractivity contribution in [3.8, 4) is 0 Å². The Morgan fingerprint density at radius 1 is 0.946 bits per heavy atom. The number of nitrogens with one attached hydrogen (secondary N) is 1. The van der Waals surface area contributed by atoms with Gasteiger partial charge in [-0.25, -0.2) is 13.1 Å². The Labute approximate surface area is 224 Å². The Morgan fingerprint density at radius 3 is 2.38 bits per heavy atom. The number of fused-ring (bicyclic) bond motifs is 5. The van der Waals surface area contributed by atoms with Crippen LogP contribution in [0, 0.1) is 46.3 Å². The highest BCUT2D eigenvalue weighted by Crippen LogP contribution is 2.69. The average Bonchev–Trinajstić information content (AvgIpc) is 3.19. The third kappa shape index (κ3) is 5.05. The van der Waals surface area contributed by atoms with E-state index in [0.717, 1.165) is 44.1 Å². The van der Waals surface area contributed by atoms with Gasteiger partial charge in [-0.3, -0.25) is 0 Å². The van der Waals surface area contributed by atoms with Crippen molar-refractivity contribution in [2.45, 2.75) is 103 Å². The van der Waals surface area contributed by atoms with Crippen LogP contribution in [0.15, 0.2) is 30.3 Å². The predicted octanol–water partition coefficient (Wildman–Crippen LogP) is 5.51. The highest BCUT2D eigenvalue weighted by atomic mass is 32.2. The molecule has 0 bridgehead atoms. The summed E-state index contributed by atoms with van der Waals surface area (Å²) >= 11 is 0. The maximum Gasteiger partial charge on any atom is 0.215 e. The zero-order chi connectivity index (χ0) is 26.4. The van der Waals surface area contributed by atoms with Crippen LogP contribution < -0.4 is 4.72 Å². The lowest BCUT2D eigenvalue weighted by Gasteiger charge is -2.64. The third-order valence-electron chi connectivity index (χ3n) is 11.8. The van der Waals surface area contributed by atoms with E-state index in [9.17, 15) is 18.6 Å². The summed E-state index contributed by atoms with van der Waals surface area (Å²) in [6, 6.07) is 9.37. The SMILES string of the molecule is CC[C@H]1[C@@H](O)[C@@H]2[C@H](CC[C@]3(C)[C@@H](CCCNS(=O)(=O)Cc4ccccc4)CC[C@@H]23)[C@@]2(C)CC[C@@H](O)C[C@@H]12. The minimum atomic E-state index is -3.32. The quantitative estimate of drug-likeness (QED) is 0.386. The summed E-state index contributed by atoms with van der Waals surface area (Å²) in [4.78, 5) is 0. The van der Waals surface area contributed by atoms with E-state index in [1.807, 2.05) is 30.3 Å². The fraction of sp³-hybridized carbons (Fsp3) is 0.806. The molecule has 5 rings (SSSR count). The number of benzene rings is 1. The van der Waals surface area contributed by atoms with Crippen LogP contribution in [0.5, 0.6) is 0 Å². The summed E-state index contributed by atoms with van der Waals surface area (Å²) in [7, 11) is -3.32. The first-order valence-electron chi connectivity index (χ1n) is 15.0. The highest BCUT2D eigenvalue weighted by molar-refractivity contribution is 7.88. The van der Waals surface area contributed by atoms with E-state index in [4.69, 9.17) is 0 Å². The van der Waals surface area contributed by atoms with Crippen molar-refractivity contribution in [2.24, 2.45) is 46.3 Å². The van der Waals surface area contributed by atoms with Gasteiger partial charge in [-0.05, 0) is 110 Å². The van der Waals surface area contributed by atoms with Crippen molar-refractivity contribution in [3.05, 3.63) is 35.9 Å².